The van der Waals surface area contributed by atoms with Crippen molar-refractivity contribution in [1.29, 1.82) is 0 Å². The lowest BCUT2D eigenvalue weighted by Crippen LogP contribution is -2.39. The van der Waals surface area contributed by atoms with Crippen LogP contribution in [0, 0.1) is 5.92 Å². The van der Waals surface area contributed by atoms with Crippen LogP contribution in [0.4, 0.5) is 11.4 Å². The SMILES string of the molecule is COc1cc(NS(=O)(=O)c2ccc3c(c2)c2ccc(NC(=O)[C@@H](N)C(C)C)cc2n3C)c(OC)cc1Cl. The summed E-state index contributed by atoms with van der Waals surface area (Å²) in [6, 6.07) is 12.7. The number of ether oxygens (including phenoxy) is 2. The Morgan fingerprint density at radius 1 is 0.973 bits per heavy atom. The van der Waals surface area contributed by atoms with Gasteiger partial charge in [0, 0.05) is 41.2 Å². The van der Waals surface area contributed by atoms with Gasteiger partial charge in [0.05, 0.1) is 41.4 Å². The second kappa shape index (κ2) is 10.1. The molecule has 0 unspecified atom stereocenters. The molecule has 0 aliphatic heterocycles. The minimum Gasteiger partial charge on any atom is -0.495 e. The molecular weight excluding hydrogens is 516 g/mol. The van der Waals surface area contributed by atoms with Crippen LogP contribution in [0.1, 0.15) is 13.8 Å². The molecule has 4 rings (SSSR count). The molecule has 3 aromatic carbocycles. The van der Waals surface area contributed by atoms with Gasteiger partial charge in [-0.05, 0) is 36.2 Å². The number of hydrogen-bond donors (Lipinski definition) is 3. The molecule has 0 aliphatic rings. The molecule has 0 aliphatic carbocycles. The predicted octanol–water partition coefficient (Wildman–Crippen LogP) is 4.72. The lowest BCUT2D eigenvalue weighted by Gasteiger charge is -2.15. The lowest BCUT2D eigenvalue weighted by molar-refractivity contribution is -0.118. The molecule has 0 bridgehead atoms. The van der Waals surface area contributed by atoms with Crippen LogP contribution in [-0.4, -0.2) is 39.2 Å². The Balaban J connectivity index is 1.73. The van der Waals surface area contributed by atoms with Crippen molar-refractivity contribution in [1.82, 2.24) is 4.57 Å². The highest BCUT2D eigenvalue weighted by atomic mass is 35.5. The molecule has 1 atom stereocenters. The van der Waals surface area contributed by atoms with Crippen LogP contribution in [0.15, 0.2) is 53.4 Å². The maximum Gasteiger partial charge on any atom is 0.262 e. The Morgan fingerprint density at radius 3 is 2.32 bits per heavy atom. The second-order valence-electron chi connectivity index (χ2n) is 9.02. The summed E-state index contributed by atoms with van der Waals surface area (Å²) in [6.07, 6.45) is 0. The van der Waals surface area contributed by atoms with Gasteiger partial charge in [0.1, 0.15) is 11.5 Å². The normalized spacial score (nSPS) is 12.6. The molecular formula is C26H29ClN4O5S. The number of amides is 1. The smallest absolute Gasteiger partial charge is 0.262 e. The van der Waals surface area contributed by atoms with Crippen molar-refractivity contribution in [2.45, 2.75) is 24.8 Å². The van der Waals surface area contributed by atoms with E-state index in [4.69, 9.17) is 26.8 Å². The number of halogens is 1. The van der Waals surface area contributed by atoms with Crippen LogP contribution >= 0.6 is 11.6 Å². The average molecular weight is 545 g/mol. The third-order valence-electron chi connectivity index (χ3n) is 6.30. The number of nitrogens with one attached hydrogen (secondary N) is 2. The highest BCUT2D eigenvalue weighted by Gasteiger charge is 2.21. The Kier molecular flexibility index (Phi) is 7.27. The number of nitrogens with zero attached hydrogens (tertiary/aromatic N) is 1. The summed E-state index contributed by atoms with van der Waals surface area (Å²) in [5.41, 5.74) is 8.44. The highest BCUT2D eigenvalue weighted by molar-refractivity contribution is 7.92. The highest BCUT2D eigenvalue weighted by Crippen LogP contribution is 2.38. The average Bonchev–Trinajstić information content (AvgIpc) is 3.14. The fraction of sp³-hybridized carbons (Fsp3) is 0.269. The molecule has 0 fully saturated rings. The number of benzene rings is 3. The van der Waals surface area contributed by atoms with Gasteiger partial charge in [0.2, 0.25) is 5.91 Å². The topological polar surface area (TPSA) is 125 Å². The zero-order chi connectivity index (χ0) is 27.1. The Labute approximate surface area is 220 Å². The van der Waals surface area contributed by atoms with Gasteiger partial charge in [-0.3, -0.25) is 9.52 Å². The summed E-state index contributed by atoms with van der Waals surface area (Å²) in [7, 11) is 0.759. The Bertz CT molecular complexity index is 1610. The number of fused-ring (bicyclic) bond motifs is 3. The van der Waals surface area contributed by atoms with Crippen LogP contribution in [-0.2, 0) is 21.9 Å². The molecule has 11 heteroatoms. The molecule has 0 saturated carbocycles. The van der Waals surface area contributed by atoms with E-state index in [2.05, 4.69) is 10.0 Å². The number of anilines is 2. The van der Waals surface area contributed by atoms with E-state index in [1.807, 2.05) is 37.6 Å². The van der Waals surface area contributed by atoms with Crippen molar-refractivity contribution in [3.8, 4) is 11.5 Å². The summed E-state index contributed by atoms with van der Waals surface area (Å²) in [6.45, 7) is 3.77. The van der Waals surface area contributed by atoms with Crippen LogP contribution in [0.2, 0.25) is 5.02 Å². The van der Waals surface area contributed by atoms with E-state index in [1.165, 1.54) is 32.4 Å². The first kappa shape index (κ1) is 26.6. The molecule has 4 N–H and O–H groups in total. The summed E-state index contributed by atoms with van der Waals surface area (Å²) in [5, 5.41) is 4.74. The monoisotopic (exact) mass is 544 g/mol. The van der Waals surface area contributed by atoms with E-state index in [0.29, 0.717) is 16.5 Å². The summed E-state index contributed by atoms with van der Waals surface area (Å²) in [4.78, 5) is 12.5. The van der Waals surface area contributed by atoms with Crippen molar-refractivity contribution in [2.75, 3.05) is 24.3 Å². The molecule has 0 saturated heterocycles. The van der Waals surface area contributed by atoms with E-state index in [-0.39, 0.29) is 28.2 Å². The van der Waals surface area contributed by atoms with Crippen LogP contribution < -0.4 is 25.2 Å². The van der Waals surface area contributed by atoms with E-state index < -0.39 is 16.1 Å². The first-order valence-corrected chi connectivity index (χ1v) is 13.4. The van der Waals surface area contributed by atoms with Gasteiger partial charge >= 0.3 is 0 Å². The number of carbonyl (C=O) groups excluding carboxylic acids is 1. The Hall–Kier alpha value is -3.47. The number of rotatable bonds is 8. The summed E-state index contributed by atoms with van der Waals surface area (Å²) < 4.78 is 41.7. The molecule has 4 aromatic rings. The van der Waals surface area contributed by atoms with Gasteiger partial charge in [0.25, 0.3) is 10.0 Å². The van der Waals surface area contributed by atoms with Crippen molar-refractivity contribution in [3.05, 3.63) is 53.6 Å². The van der Waals surface area contributed by atoms with Crippen molar-refractivity contribution < 1.29 is 22.7 Å². The van der Waals surface area contributed by atoms with E-state index in [0.717, 1.165) is 21.8 Å². The van der Waals surface area contributed by atoms with E-state index in [9.17, 15) is 13.2 Å². The van der Waals surface area contributed by atoms with E-state index >= 15 is 0 Å². The molecule has 9 nitrogen and oxygen atoms in total. The largest absolute Gasteiger partial charge is 0.495 e. The molecule has 1 aromatic heterocycles. The molecule has 1 amide bonds. The second-order valence-corrected chi connectivity index (χ2v) is 11.1. The molecule has 37 heavy (non-hydrogen) atoms. The third kappa shape index (κ3) is 5.04. The zero-order valence-corrected chi connectivity index (χ0v) is 22.7. The number of methoxy groups -OCH3 is 2. The predicted molar refractivity (Wildman–Crippen MR) is 147 cm³/mol. The van der Waals surface area contributed by atoms with Gasteiger partial charge in [-0.1, -0.05) is 31.5 Å². The maximum atomic E-state index is 13.3. The molecule has 1 heterocycles. The van der Waals surface area contributed by atoms with E-state index in [1.54, 1.807) is 18.2 Å². The number of aromatic nitrogens is 1. The van der Waals surface area contributed by atoms with Gasteiger partial charge in [-0.25, -0.2) is 8.42 Å². The Morgan fingerprint density at radius 2 is 1.68 bits per heavy atom. The fourth-order valence-electron chi connectivity index (χ4n) is 4.11. The third-order valence-corrected chi connectivity index (χ3v) is 7.95. The fourth-order valence-corrected chi connectivity index (χ4v) is 5.43. The number of nitrogens with two attached hydrogens (primary N) is 1. The van der Waals surface area contributed by atoms with Crippen LogP contribution in [0.5, 0.6) is 11.5 Å². The van der Waals surface area contributed by atoms with Crippen molar-refractivity contribution in [2.24, 2.45) is 18.7 Å². The molecule has 0 spiro atoms. The number of aryl methyl sites for hydroxylation is 1. The lowest BCUT2D eigenvalue weighted by atomic mass is 10.0. The minimum atomic E-state index is -3.99. The standard InChI is InChI=1S/C26H29ClN4O5S/c1-14(2)25(28)26(32)29-15-6-8-17-18-11-16(7-9-21(18)31(3)22(17)10-15)37(33,34)30-20-13-23(35-4)19(27)12-24(20)36-5/h6-14,25,30H,28H2,1-5H3,(H,29,32)/t25-/m0/s1. The zero-order valence-electron chi connectivity index (χ0n) is 21.1. The number of hydrogen-bond acceptors (Lipinski definition) is 6. The summed E-state index contributed by atoms with van der Waals surface area (Å²) >= 11 is 6.15. The van der Waals surface area contributed by atoms with Crippen molar-refractivity contribution in [3.63, 3.8) is 0 Å². The van der Waals surface area contributed by atoms with Gasteiger partial charge in [-0.15, -0.1) is 0 Å². The minimum absolute atomic E-state index is 0.00395. The maximum absolute atomic E-state index is 13.3. The van der Waals surface area contributed by atoms with Crippen LogP contribution in [0.25, 0.3) is 21.8 Å². The first-order valence-electron chi connectivity index (χ1n) is 11.5. The van der Waals surface area contributed by atoms with Gasteiger partial charge in [0.15, 0.2) is 0 Å². The summed E-state index contributed by atoms with van der Waals surface area (Å²) in [5.74, 6) is 0.306. The van der Waals surface area contributed by atoms with Crippen molar-refractivity contribution >= 4 is 60.7 Å². The first-order chi connectivity index (χ1) is 17.5. The van der Waals surface area contributed by atoms with Crippen LogP contribution in [0.3, 0.4) is 0 Å². The number of sulfonamides is 1. The van der Waals surface area contributed by atoms with Gasteiger partial charge < -0.3 is 25.1 Å². The van der Waals surface area contributed by atoms with Gasteiger partial charge in [-0.2, -0.15) is 0 Å². The molecule has 0 radical (unpaired) electrons. The molecule has 196 valence electrons. The number of carbonyl (C=O) groups is 1. The quantitative estimate of drug-likeness (QED) is 0.295.